The molecular weight excluding hydrogens is 871 g/mol. The molecule has 0 bridgehead atoms. The van der Waals surface area contributed by atoms with Gasteiger partial charge < -0.3 is 4.74 Å². The van der Waals surface area contributed by atoms with E-state index in [1.54, 1.807) is 0 Å². The van der Waals surface area contributed by atoms with Crippen LogP contribution in [0.15, 0.2) is 91.0 Å². The number of carbonyl (C=O) groups excluding carboxylic acids is 1. The van der Waals surface area contributed by atoms with Crippen molar-refractivity contribution in [2.75, 3.05) is 19.0 Å². The van der Waals surface area contributed by atoms with E-state index in [9.17, 15) is 30.4 Å². The third kappa shape index (κ3) is 17.0. The van der Waals surface area contributed by atoms with Gasteiger partial charge in [-0.15, -0.1) is 0 Å². The Labute approximate surface area is 299 Å². The van der Waals surface area contributed by atoms with Gasteiger partial charge >= 0.3 is 144 Å². The van der Waals surface area contributed by atoms with Gasteiger partial charge in [0.1, 0.15) is 0 Å². The van der Waals surface area contributed by atoms with Crippen LogP contribution >= 0.6 is 0 Å². The third-order valence-electron chi connectivity index (χ3n) is 7.39. The number of hydrogen-bond acceptors (Lipinski definition) is 7. The minimum absolute atomic E-state index is 0.0139. The van der Waals surface area contributed by atoms with Crippen molar-refractivity contribution in [3.63, 3.8) is 0 Å². The summed E-state index contributed by atoms with van der Waals surface area (Å²) < 4.78 is 92.0. The first kappa shape index (κ1) is 42.9. The van der Waals surface area contributed by atoms with E-state index in [0.29, 0.717) is 25.7 Å². The summed E-state index contributed by atoms with van der Waals surface area (Å²) in [6, 6.07) is 33.0. The van der Waals surface area contributed by atoms with Gasteiger partial charge in [0.2, 0.25) is 0 Å². The Morgan fingerprint density at radius 2 is 1.02 bits per heavy atom. The number of halogens is 2. The SMILES string of the molecule is CCCCCCCCCCS(=O)(=O)OCCCCCCOC(=O)C(F)(F)S(=O)(=O)O.c1cc[c]([Bi]([c]2ccccc2)[c]2ccccc2)cc1. The minimum atomic E-state index is -5.87. The van der Waals surface area contributed by atoms with Crippen LogP contribution in [0.1, 0.15) is 84.0 Å². The number of ether oxygens (including phenoxy) is 1. The van der Waals surface area contributed by atoms with Crippen LogP contribution in [0.2, 0.25) is 0 Å². The zero-order chi connectivity index (χ0) is 36.0. The predicted octanol–water partition coefficient (Wildman–Crippen LogP) is 6.26. The first-order chi connectivity index (χ1) is 23.4. The first-order valence-electron chi connectivity index (χ1n) is 16.7. The van der Waals surface area contributed by atoms with Gasteiger partial charge in [-0.3, -0.25) is 8.74 Å². The number of rotatable bonds is 22. The normalized spacial score (nSPS) is 11.9. The molecule has 0 heterocycles. The van der Waals surface area contributed by atoms with Crippen molar-refractivity contribution in [2.45, 2.75) is 89.2 Å². The van der Waals surface area contributed by atoms with E-state index < -0.39 is 59.8 Å². The van der Waals surface area contributed by atoms with Crippen LogP contribution in [0.3, 0.4) is 0 Å². The molecule has 0 aliphatic carbocycles. The van der Waals surface area contributed by atoms with Crippen molar-refractivity contribution >= 4 is 57.8 Å². The number of hydrogen-bond donors (Lipinski definition) is 1. The van der Waals surface area contributed by atoms with Crippen molar-refractivity contribution in [1.82, 2.24) is 0 Å². The fraction of sp³-hybridized carbons (Fsp3) is 0.472. The summed E-state index contributed by atoms with van der Waals surface area (Å²) in [6.07, 6.45) is 9.92. The van der Waals surface area contributed by atoms with Gasteiger partial charge in [0.05, 0.1) is 19.0 Å². The summed E-state index contributed by atoms with van der Waals surface area (Å²) in [5, 5.41) is -5.00. The zero-order valence-electron chi connectivity index (χ0n) is 28.1. The van der Waals surface area contributed by atoms with E-state index in [2.05, 4.69) is 103 Å². The molecule has 3 rings (SSSR count). The number of benzene rings is 3. The van der Waals surface area contributed by atoms with Crippen molar-refractivity contribution in [3.8, 4) is 0 Å². The molecule has 272 valence electrons. The average molecular weight is 921 g/mol. The molecule has 0 fully saturated rings. The van der Waals surface area contributed by atoms with Crippen molar-refractivity contribution in [1.29, 1.82) is 0 Å². The second kappa shape index (κ2) is 23.2. The third-order valence-corrected chi connectivity index (χ3v) is 19.0. The molecule has 0 saturated carbocycles. The van der Waals surface area contributed by atoms with E-state index in [-0.39, 0.29) is 18.8 Å². The summed E-state index contributed by atoms with van der Waals surface area (Å²) in [6.45, 7) is 1.73. The number of carbonyl (C=O) groups is 1. The van der Waals surface area contributed by atoms with Gasteiger partial charge in [-0.05, 0) is 25.7 Å². The Morgan fingerprint density at radius 3 is 1.45 bits per heavy atom. The van der Waals surface area contributed by atoms with Crippen LogP contribution in [0.4, 0.5) is 8.78 Å². The second-order valence-electron chi connectivity index (χ2n) is 11.4. The molecule has 13 heteroatoms. The molecular formula is C36H49BiF2O8S2. The van der Waals surface area contributed by atoms with Gasteiger partial charge in [-0.25, -0.2) is 4.79 Å². The Morgan fingerprint density at radius 1 is 0.633 bits per heavy atom. The number of esters is 1. The number of alkyl halides is 2. The molecule has 0 aromatic heterocycles. The fourth-order valence-electron chi connectivity index (χ4n) is 4.75. The Kier molecular flexibility index (Phi) is 20.3. The monoisotopic (exact) mass is 920 g/mol. The van der Waals surface area contributed by atoms with E-state index in [0.717, 1.165) is 19.3 Å². The summed E-state index contributed by atoms with van der Waals surface area (Å²) in [5.41, 5.74) is 0. The quantitative estimate of drug-likeness (QED) is 0.0412. The van der Waals surface area contributed by atoms with Gasteiger partial charge in [-0.2, -0.15) is 25.6 Å². The van der Waals surface area contributed by atoms with E-state index in [1.165, 1.54) is 35.5 Å². The summed E-state index contributed by atoms with van der Waals surface area (Å²) >= 11 is -2.06. The van der Waals surface area contributed by atoms with Crippen LogP contribution in [0.5, 0.6) is 0 Å². The molecule has 49 heavy (non-hydrogen) atoms. The molecule has 0 atom stereocenters. The first-order valence-corrected chi connectivity index (χ1v) is 25.0. The summed E-state index contributed by atoms with van der Waals surface area (Å²) in [5.74, 6) is -2.35. The predicted molar refractivity (Wildman–Crippen MR) is 192 cm³/mol. The molecule has 0 spiro atoms. The summed E-state index contributed by atoms with van der Waals surface area (Å²) in [4.78, 5) is 10.9. The molecule has 3 aromatic rings. The number of unbranched alkanes of at least 4 members (excludes halogenated alkanes) is 10. The fourth-order valence-corrected chi connectivity index (χ4v) is 15.0. The van der Waals surface area contributed by atoms with E-state index in [4.69, 9.17) is 8.74 Å². The molecule has 0 saturated heterocycles. The molecule has 3 aromatic carbocycles. The maximum absolute atomic E-state index is 12.9. The van der Waals surface area contributed by atoms with Gasteiger partial charge in [0, 0.05) is 0 Å². The van der Waals surface area contributed by atoms with Gasteiger partial charge in [-0.1, -0.05) is 58.3 Å². The average Bonchev–Trinajstić information content (AvgIpc) is 3.08. The van der Waals surface area contributed by atoms with Gasteiger partial charge in [0.15, 0.2) is 0 Å². The van der Waals surface area contributed by atoms with Crippen LogP contribution < -0.4 is 9.81 Å². The topological polar surface area (TPSA) is 124 Å². The van der Waals surface area contributed by atoms with E-state index >= 15 is 0 Å². The van der Waals surface area contributed by atoms with Crippen LogP contribution in [-0.4, -0.2) is 73.3 Å². The summed E-state index contributed by atoms with van der Waals surface area (Å²) in [7, 11) is -9.42. The molecule has 0 amide bonds. The Balaban J connectivity index is 0.000000371. The molecule has 0 aliphatic heterocycles. The van der Waals surface area contributed by atoms with Crippen LogP contribution in [0, 0.1) is 0 Å². The van der Waals surface area contributed by atoms with E-state index in [1.807, 2.05) is 0 Å². The molecule has 8 nitrogen and oxygen atoms in total. The molecule has 0 aliphatic rings. The van der Waals surface area contributed by atoms with Crippen molar-refractivity contribution in [2.24, 2.45) is 0 Å². The Hall–Kier alpha value is -2.31. The molecule has 1 N–H and O–H groups in total. The zero-order valence-corrected chi connectivity index (χ0v) is 33.2. The van der Waals surface area contributed by atoms with Crippen LogP contribution in [0.25, 0.3) is 0 Å². The van der Waals surface area contributed by atoms with Gasteiger partial charge in [0.25, 0.3) is 10.1 Å². The van der Waals surface area contributed by atoms with Crippen LogP contribution in [-0.2, 0) is 34.0 Å². The van der Waals surface area contributed by atoms with Crippen molar-refractivity contribution < 1.29 is 43.9 Å². The molecule has 0 radical (unpaired) electrons. The standard InChI is InChI=1S/C18H34F2O8S2.3C6H5.Bi/c1-2-3-4-5-6-7-10-13-16-29(22,23)28-15-12-9-8-11-14-27-17(21)18(19,20)30(24,25)26;3*1-2-4-6-5-3-1;/h2-16H2,1H3,(H,24,25,26);3*1-5H;. The Bertz CT molecular complexity index is 1450. The second-order valence-corrected chi connectivity index (χ2v) is 23.3. The van der Waals surface area contributed by atoms with Crippen molar-refractivity contribution in [3.05, 3.63) is 91.0 Å². The maximum atomic E-state index is 12.9. The molecule has 0 unspecified atom stereocenters.